The molecule has 0 bridgehead atoms. The fourth-order valence-corrected chi connectivity index (χ4v) is 2.13. The van der Waals surface area contributed by atoms with Crippen LogP contribution < -0.4 is 5.73 Å². The van der Waals surface area contributed by atoms with Crippen LogP contribution in [0.1, 0.15) is 16.7 Å². The van der Waals surface area contributed by atoms with E-state index in [9.17, 15) is 4.39 Å². The van der Waals surface area contributed by atoms with E-state index in [0.717, 1.165) is 22.3 Å². The van der Waals surface area contributed by atoms with Crippen molar-refractivity contribution in [2.45, 2.75) is 20.4 Å². The van der Waals surface area contributed by atoms with E-state index in [1.165, 1.54) is 6.07 Å². The van der Waals surface area contributed by atoms with Gasteiger partial charge >= 0.3 is 0 Å². The van der Waals surface area contributed by atoms with Crippen molar-refractivity contribution >= 4 is 0 Å². The zero-order chi connectivity index (χ0) is 12.4. The lowest BCUT2D eigenvalue weighted by atomic mass is 9.94. The van der Waals surface area contributed by atoms with E-state index in [1.807, 2.05) is 38.1 Å². The third-order valence-corrected chi connectivity index (χ3v) is 3.02. The molecular weight excluding hydrogens is 213 g/mol. The maximum Gasteiger partial charge on any atom is 0.131 e. The Hall–Kier alpha value is -1.67. The monoisotopic (exact) mass is 229 g/mol. The Morgan fingerprint density at radius 1 is 1.06 bits per heavy atom. The molecule has 0 saturated heterocycles. The molecule has 2 N–H and O–H groups in total. The van der Waals surface area contributed by atoms with E-state index < -0.39 is 0 Å². The maximum atomic E-state index is 13.9. The molecule has 17 heavy (non-hydrogen) atoms. The molecule has 0 saturated carbocycles. The SMILES string of the molecule is Cc1cccc(C)c1-c1cc(CN)ccc1F. The number of aryl methyl sites for hydroxylation is 2. The summed E-state index contributed by atoms with van der Waals surface area (Å²) in [6.07, 6.45) is 0. The quantitative estimate of drug-likeness (QED) is 0.837. The van der Waals surface area contributed by atoms with E-state index in [2.05, 4.69) is 0 Å². The molecule has 0 spiro atoms. The van der Waals surface area contributed by atoms with Gasteiger partial charge in [-0.15, -0.1) is 0 Å². The summed E-state index contributed by atoms with van der Waals surface area (Å²) in [5.41, 5.74) is 10.3. The van der Waals surface area contributed by atoms with E-state index in [-0.39, 0.29) is 5.82 Å². The summed E-state index contributed by atoms with van der Waals surface area (Å²) in [5.74, 6) is -0.195. The zero-order valence-corrected chi connectivity index (χ0v) is 10.1. The van der Waals surface area contributed by atoms with Gasteiger partial charge in [-0.3, -0.25) is 0 Å². The van der Waals surface area contributed by atoms with Crippen LogP contribution >= 0.6 is 0 Å². The Kier molecular flexibility index (Phi) is 3.25. The zero-order valence-electron chi connectivity index (χ0n) is 10.1. The third kappa shape index (κ3) is 2.22. The smallest absolute Gasteiger partial charge is 0.131 e. The Bertz CT molecular complexity index is 526. The molecule has 2 rings (SSSR count). The minimum Gasteiger partial charge on any atom is -0.326 e. The van der Waals surface area contributed by atoms with Crippen LogP contribution in [0.3, 0.4) is 0 Å². The van der Waals surface area contributed by atoms with Gasteiger partial charge in [0.15, 0.2) is 0 Å². The lowest BCUT2D eigenvalue weighted by molar-refractivity contribution is 0.630. The van der Waals surface area contributed by atoms with Crippen molar-refractivity contribution in [3.05, 3.63) is 58.9 Å². The summed E-state index contributed by atoms with van der Waals surface area (Å²) in [6, 6.07) is 11.0. The molecule has 0 radical (unpaired) electrons. The normalized spacial score (nSPS) is 10.6. The summed E-state index contributed by atoms with van der Waals surface area (Å²) in [6.45, 7) is 4.42. The fraction of sp³-hybridized carbons (Fsp3) is 0.200. The number of hydrogen-bond donors (Lipinski definition) is 1. The van der Waals surface area contributed by atoms with Crippen molar-refractivity contribution < 1.29 is 4.39 Å². The Balaban J connectivity index is 2.67. The molecule has 0 aromatic heterocycles. The second-order valence-electron chi connectivity index (χ2n) is 4.29. The summed E-state index contributed by atoms with van der Waals surface area (Å²) >= 11 is 0. The van der Waals surface area contributed by atoms with Crippen LogP contribution in [0.4, 0.5) is 4.39 Å². The number of hydrogen-bond acceptors (Lipinski definition) is 1. The molecule has 0 atom stereocenters. The van der Waals surface area contributed by atoms with E-state index in [4.69, 9.17) is 5.73 Å². The Labute approximate surface area is 101 Å². The summed E-state index contributed by atoms with van der Waals surface area (Å²) in [7, 11) is 0. The molecule has 0 amide bonds. The lowest BCUT2D eigenvalue weighted by Crippen LogP contribution is -1.98. The molecule has 0 heterocycles. The molecule has 2 heteroatoms. The highest BCUT2D eigenvalue weighted by Crippen LogP contribution is 2.30. The summed E-state index contributed by atoms with van der Waals surface area (Å²) in [5, 5.41) is 0. The number of rotatable bonds is 2. The molecule has 88 valence electrons. The topological polar surface area (TPSA) is 26.0 Å². The molecule has 0 aliphatic carbocycles. The number of benzene rings is 2. The highest BCUT2D eigenvalue weighted by molar-refractivity contribution is 5.71. The molecule has 0 aliphatic heterocycles. The second-order valence-corrected chi connectivity index (χ2v) is 4.29. The first kappa shape index (κ1) is 11.8. The van der Waals surface area contributed by atoms with E-state index in [1.54, 1.807) is 6.07 Å². The van der Waals surface area contributed by atoms with Gasteiger partial charge in [0, 0.05) is 12.1 Å². The molecule has 2 aromatic rings. The van der Waals surface area contributed by atoms with Gasteiger partial charge in [0.05, 0.1) is 0 Å². The largest absolute Gasteiger partial charge is 0.326 e. The Morgan fingerprint density at radius 2 is 1.71 bits per heavy atom. The average molecular weight is 229 g/mol. The van der Waals surface area contributed by atoms with Gasteiger partial charge in [-0.05, 0) is 48.2 Å². The number of nitrogens with two attached hydrogens (primary N) is 1. The minimum atomic E-state index is -0.195. The van der Waals surface area contributed by atoms with Crippen LogP contribution in [0, 0.1) is 19.7 Å². The van der Waals surface area contributed by atoms with Gasteiger partial charge in [-0.1, -0.05) is 24.3 Å². The molecule has 1 nitrogen and oxygen atoms in total. The van der Waals surface area contributed by atoms with Crippen LogP contribution in [0.5, 0.6) is 0 Å². The van der Waals surface area contributed by atoms with Crippen molar-refractivity contribution in [1.29, 1.82) is 0 Å². The third-order valence-electron chi connectivity index (χ3n) is 3.02. The van der Waals surface area contributed by atoms with Crippen LogP contribution in [0.15, 0.2) is 36.4 Å². The van der Waals surface area contributed by atoms with Gasteiger partial charge in [-0.2, -0.15) is 0 Å². The van der Waals surface area contributed by atoms with Crippen molar-refractivity contribution in [2.75, 3.05) is 0 Å². The van der Waals surface area contributed by atoms with Crippen molar-refractivity contribution in [3.63, 3.8) is 0 Å². The van der Waals surface area contributed by atoms with Crippen molar-refractivity contribution in [1.82, 2.24) is 0 Å². The highest BCUT2D eigenvalue weighted by atomic mass is 19.1. The fourth-order valence-electron chi connectivity index (χ4n) is 2.13. The number of halogens is 1. The first-order valence-electron chi connectivity index (χ1n) is 5.68. The Morgan fingerprint density at radius 3 is 2.29 bits per heavy atom. The van der Waals surface area contributed by atoms with Crippen LogP contribution in [-0.2, 0) is 6.54 Å². The van der Waals surface area contributed by atoms with Crippen LogP contribution in [0.2, 0.25) is 0 Å². The predicted molar refractivity (Wildman–Crippen MR) is 69.2 cm³/mol. The summed E-state index contributed by atoms with van der Waals surface area (Å²) in [4.78, 5) is 0. The molecule has 0 unspecified atom stereocenters. The van der Waals surface area contributed by atoms with E-state index in [0.29, 0.717) is 12.1 Å². The second kappa shape index (κ2) is 4.68. The molecule has 0 aliphatic rings. The minimum absolute atomic E-state index is 0.195. The predicted octanol–water partition coefficient (Wildman–Crippen LogP) is 3.57. The van der Waals surface area contributed by atoms with Crippen molar-refractivity contribution in [2.24, 2.45) is 5.73 Å². The van der Waals surface area contributed by atoms with Crippen LogP contribution in [-0.4, -0.2) is 0 Å². The maximum absolute atomic E-state index is 13.9. The van der Waals surface area contributed by atoms with Gasteiger partial charge in [0.2, 0.25) is 0 Å². The average Bonchev–Trinajstić information content (AvgIpc) is 2.31. The molecule has 2 aromatic carbocycles. The van der Waals surface area contributed by atoms with Gasteiger partial charge < -0.3 is 5.73 Å². The first-order valence-corrected chi connectivity index (χ1v) is 5.68. The van der Waals surface area contributed by atoms with E-state index >= 15 is 0 Å². The van der Waals surface area contributed by atoms with Crippen LogP contribution in [0.25, 0.3) is 11.1 Å². The van der Waals surface area contributed by atoms with Crippen molar-refractivity contribution in [3.8, 4) is 11.1 Å². The van der Waals surface area contributed by atoms with Gasteiger partial charge in [0.1, 0.15) is 5.82 Å². The first-order chi connectivity index (χ1) is 8.13. The van der Waals surface area contributed by atoms with Gasteiger partial charge in [0.25, 0.3) is 0 Å². The highest BCUT2D eigenvalue weighted by Gasteiger charge is 2.10. The molecular formula is C15H16FN. The standard InChI is InChI=1S/C15H16FN/c1-10-4-3-5-11(2)15(10)13-8-12(9-17)6-7-14(13)16/h3-8H,9,17H2,1-2H3. The summed E-state index contributed by atoms with van der Waals surface area (Å²) < 4.78 is 13.9. The molecule has 0 fully saturated rings. The van der Waals surface area contributed by atoms with Gasteiger partial charge in [-0.25, -0.2) is 4.39 Å². The lowest BCUT2D eigenvalue weighted by Gasteiger charge is -2.12.